The Kier molecular flexibility index (Phi) is 6.84. The standard InChI is InChI=1S/C24H38O/c1-4-5-6-19-7-9-20(10-8-19)22-13-16-24(18(2)17-22)21-11-14-23(25-3)15-12-21/h11-12,14-15,18-20,22,24H,4-10,13,16-17H2,1-3H3. The molecule has 2 aliphatic rings. The minimum atomic E-state index is 0.753. The van der Waals surface area contributed by atoms with Crippen LogP contribution in [0.1, 0.15) is 89.5 Å². The Morgan fingerprint density at radius 1 is 0.920 bits per heavy atom. The summed E-state index contributed by atoms with van der Waals surface area (Å²) < 4.78 is 5.31. The Bertz CT molecular complexity index is 497. The molecule has 0 N–H and O–H groups in total. The second kappa shape index (κ2) is 9.10. The maximum absolute atomic E-state index is 5.31. The van der Waals surface area contributed by atoms with Crippen LogP contribution in [0.3, 0.4) is 0 Å². The van der Waals surface area contributed by atoms with Crippen LogP contribution in [0.25, 0.3) is 0 Å². The van der Waals surface area contributed by atoms with Crippen LogP contribution in [0.4, 0.5) is 0 Å². The zero-order valence-corrected chi connectivity index (χ0v) is 16.7. The minimum Gasteiger partial charge on any atom is -0.497 e. The van der Waals surface area contributed by atoms with Gasteiger partial charge in [0.25, 0.3) is 0 Å². The third-order valence-corrected chi connectivity index (χ3v) is 7.28. The van der Waals surface area contributed by atoms with E-state index in [0.29, 0.717) is 0 Å². The summed E-state index contributed by atoms with van der Waals surface area (Å²) in [6, 6.07) is 8.84. The molecule has 3 atom stereocenters. The average molecular weight is 343 g/mol. The Morgan fingerprint density at radius 3 is 2.20 bits per heavy atom. The summed E-state index contributed by atoms with van der Waals surface area (Å²) in [5.74, 6) is 5.62. The maximum Gasteiger partial charge on any atom is 0.118 e. The third-order valence-electron chi connectivity index (χ3n) is 7.28. The molecule has 1 aromatic rings. The van der Waals surface area contributed by atoms with Crippen molar-refractivity contribution < 1.29 is 4.74 Å². The predicted molar refractivity (Wildman–Crippen MR) is 107 cm³/mol. The van der Waals surface area contributed by atoms with E-state index in [1.54, 1.807) is 7.11 Å². The van der Waals surface area contributed by atoms with E-state index in [1.807, 2.05) is 0 Å². The molecule has 3 unspecified atom stereocenters. The van der Waals surface area contributed by atoms with E-state index >= 15 is 0 Å². The largest absolute Gasteiger partial charge is 0.497 e. The molecular formula is C24H38O. The van der Waals surface area contributed by atoms with Crippen LogP contribution in [0.15, 0.2) is 24.3 Å². The van der Waals surface area contributed by atoms with Gasteiger partial charge < -0.3 is 4.74 Å². The molecule has 0 aliphatic heterocycles. The fourth-order valence-electron chi connectivity index (χ4n) is 5.65. The van der Waals surface area contributed by atoms with Crippen molar-refractivity contribution in [3.63, 3.8) is 0 Å². The Morgan fingerprint density at radius 2 is 1.60 bits per heavy atom. The summed E-state index contributed by atoms with van der Waals surface area (Å²) >= 11 is 0. The number of hydrogen-bond donors (Lipinski definition) is 0. The van der Waals surface area contributed by atoms with Crippen LogP contribution in [0.2, 0.25) is 0 Å². The molecule has 2 saturated carbocycles. The predicted octanol–water partition coefficient (Wildman–Crippen LogP) is 7.21. The third kappa shape index (κ3) is 4.80. The van der Waals surface area contributed by atoms with Gasteiger partial charge in [-0.2, -0.15) is 0 Å². The zero-order chi connectivity index (χ0) is 17.6. The van der Waals surface area contributed by atoms with Crippen LogP contribution >= 0.6 is 0 Å². The molecule has 0 spiro atoms. The molecule has 0 heterocycles. The molecule has 0 bridgehead atoms. The molecular weight excluding hydrogens is 304 g/mol. The number of hydrogen-bond acceptors (Lipinski definition) is 1. The Hall–Kier alpha value is -0.980. The molecule has 0 aromatic heterocycles. The molecule has 2 fully saturated rings. The highest BCUT2D eigenvalue weighted by Gasteiger charge is 2.34. The van der Waals surface area contributed by atoms with E-state index in [2.05, 4.69) is 38.1 Å². The SMILES string of the molecule is CCCCC1CCC(C2CCC(c3ccc(OC)cc3)C(C)C2)CC1. The summed E-state index contributed by atoms with van der Waals surface area (Å²) in [6.07, 6.45) is 14.6. The molecule has 1 nitrogen and oxygen atoms in total. The molecule has 2 aliphatic carbocycles. The van der Waals surface area contributed by atoms with E-state index in [1.165, 1.54) is 69.8 Å². The lowest BCUT2D eigenvalue weighted by atomic mass is 9.65. The van der Waals surface area contributed by atoms with Gasteiger partial charge in [-0.15, -0.1) is 0 Å². The molecule has 140 valence electrons. The van der Waals surface area contributed by atoms with E-state index in [0.717, 1.165) is 35.3 Å². The average Bonchev–Trinajstić information content (AvgIpc) is 2.67. The smallest absolute Gasteiger partial charge is 0.118 e. The van der Waals surface area contributed by atoms with Crippen molar-refractivity contribution in [2.75, 3.05) is 7.11 Å². The summed E-state index contributed by atoms with van der Waals surface area (Å²) in [5.41, 5.74) is 1.52. The highest BCUT2D eigenvalue weighted by atomic mass is 16.5. The van der Waals surface area contributed by atoms with Crippen molar-refractivity contribution in [1.29, 1.82) is 0 Å². The van der Waals surface area contributed by atoms with Gasteiger partial charge in [0, 0.05) is 0 Å². The van der Waals surface area contributed by atoms with Crippen molar-refractivity contribution in [2.24, 2.45) is 23.7 Å². The summed E-state index contributed by atoms with van der Waals surface area (Å²) in [6.45, 7) is 4.82. The topological polar surface area (TPSA) is 9.23 Å². The first-order valence-electron chi connectivity index (χ1n) is 10.8. The van der Waals surface area contributed by atoms with Crippen LogP contribution in [-0.2, 0) is 0 Å². The second-order valence-electron chi connectivity index (χ2n) is 8.85. The van der Waals surface area contributed by atoms with Gasteiger partial charge in [-0.05, 0) is 79.4 Å². The molecule has 3 rings (SSSR count). The number of ether oxygens (including phenoxy) is 1. The van der Waals surface area contributed by atoms with E-state index < -0.39 is 0 Å². The van der Waals surface area contributed by atoms with Gasteiger partial charge in [0.15, 0.2) is 0 Å². The molecule has 1 aromatic carbocycles. The molecule has 25 heavy (non-hydrogen) atoms. The summed E-state index contributed by atoms with van der Waals surface area (Å²) in [4.78, 5) is 0. The molecule has 1 heteroatoms. The van der Waals surface area contributed by atoms with Crippen molar-refractivity contribution in [1.82, 2.24) is 0 Å². The van der Waals surface area contributed by atoms with Crippen LogP contribution < -0.4 is 4.74 Å². The number of unbranched alkanes of at least 4 members (excludes halogenated alkanes) is 1. The lowest BCUT2D eigenvalue weighted by Crippen LogP contribution is -2.29. The first-order chi connectivity index (χ1) is 12.2. The van der Waals surface area contributed by atoms with E-state index in [9.17, 15) is 0 Å². The fourth-order valence-corrected chi connectivity index (χ4v) is 5.65. The van der Waals surface area contributed by atoms with Crippen molar-refractivity contribution >= 4 is 0 Å². The molecule has 0 amide bonds. The van der Waals surface area contributed by atoms with E-state index in [4.69, 9.17) is 4.74 Å². The van der Waals surface area contributed by atoms with Crippen LogP contribution in [0, 0.1) is 23.7 Å². The highest BCUT2D eigenvalue weighted by Crippen LogP contribution is 2.47. The lowest BCUT2D eigenvalue weighted by molar-refractivity contribution is 0.130. The van der Waals surface area contributed by atoms with Gasteiger partial charge in [-0.25, -0.2) is 0 Å². The van der Waals surface area contributed by atoms with Gasteiger partial charge in [-0.1, -0.05) is 58.1 Å². The first-order valence-corrected chi connectivity index (χ1v) is 10.8. The first kappa shape index (κ1) is 18.8. The maximum atomic E-state index is 5.31. The highest BCUT2D eigenvalue weighted by molar-refractivity contribution is 5.30. The second-order valence-corrected chi connectivity index (χ2v) is 8.85. The van der Waals surface area contributed by atoms with Gasteiger partial charge in [0.05, 0.1) is 7.11 Å². The minimum absolute atomic E-state index is 0.753. The number of rotatable bonds is 6. The molecule has 0 radical (unpaired) electrons. The number of benzene rings is 1. The normalized spacial score (nSPS) is 33.2. The van der Waals surface area contributed by atoms with Crippen LogP contribution in [0.5, 0.6) is 5.75 Å². The quantitative estimate of drug-likeness (QED) is 0.530. The number of methoxy groups -OCH3 is 1. The lowest BCUT2D eigenvalue weighted by Gasteiger charge is -2.41. The zero-order valence-electron chi connectivity index (χ0n) is 16.7. The molecule has 0 saturated heterocycles. The Balaban J connectivity index is 1.50. The summed E-state index contributed by atoms with van der Waals surface area (Å²) in [7, 11) is 1.75. The van der Waals surface area contributed by atoms with Gasteiger partial charge in [-0.3, -0.25) is 0 Å². The van der Waals surface area contributed by atoms with Gasteiger partial charge >= 0.3 is 0 Å². The fraction of sp³-hybridized carbons (Fsp3) is 0.750. The van der Waals surface area contributed by atoms with Crippen molar-refractivity contribution in [2.45, 2.75) is 84.0 Å². The Labute approximate surface area is 155 Å². The van der Waals surface area contributed by atoms with Gasteiger partial charge in [0.2, 0.25) is 0 Å². The van der Waals surface area contributed by atoms with Crippen molar-refractivity contribution in [3.05, 3.63) is 29.8 Å². The summed E-state index contributed by atoms with van der Waals surface area (Å²) in [5, 5.41) is 0. The monoisotopic (exact) mass is 342 g/mol. The van der Waals surface area contributed by atoms with E-state index in [-0.39, 0.29) is 0 Å². The van der Waals surface area contributed by atoms with Crippen molar-refractivity contribution in [3.8, 4) is 5.75 Å². The van der Waals surface area contributed by atoms with Crippen LogP contribution in [-0.4, -0.2) is 7.11 Å². The van der Waals surface area contributed by atoms with Gasteiger partial charge in [0.1, 0.15) is 5.75 Å².